The molecule has 2 N–H and O–H groups in total. The maximum absolute atomic E-state index is 12.6. The van der Waals surface area contributed by atoms with Gasteiger partial charge in [-0.3, -0.25) is 10.1 Å². The smallest absolute Gasteiger partial charge is 0.413 e. The summed E-state index contributed by atoms with van der Waals surface area (Å²) in [5.41, 5.74) is 2.95. The lowest BCUT2D eigenvalue weighted by atomic mass is 10.1. The van der Waals surface area contributed by atoms with Gasteiger partial charge in [-0.15, -0.1) is 27.8 Å². The normalized spacial score (nSPS) is 12.0. The number of rotatable bonds is 7. The van der Waals surface area contributed by atoms with Crippen molar-refractivity contribution in [3.63, 3.8) is 0 Å². The third-order valence-electron chi connectivity index (χ3n) is 5.69. The third kappa shape index (κ3) is 5.36. The Labute approximate surface area is 225 Å². The summed E-state index contributed by atoms with van der Waals surface area (Å²) in [4.78, 5) is 25.4. The number of hydrogen-bond donors (Lipinski definition) is 2. The van der Waals surface area contributed by atoms with E-state index in [-0.39, 0.29) is 6.42 Å². The minimum absolute atomic E-state index is 0.0733. The predicted molar refractivity (Wildman–Crippen MR) is 146 cm³/mol. The first kappa shape index (κ1) is 24.9. The topological polar surface area (TPSA) is 106 Å². The van der Waals surface area contributed by atoms with Gasteiger partial charge in [-0.1, -0.05) is 59.3 Å². The lowest BCUT2D eigenvalue weighted by Crippen LogP contribution is -2.18. The molecule has 0 radical (unpaired) electrons. The molecule has 3 heterocycles. The Morgan fingerprint density at radius 2 is 1.78 bits per heavy atom. The maximum Gasteiger partial charge on any atom is 0.413 e. The maximum atomic E-state index is 12.6. The van der Waals surface area contributed by atoms with E-state index < -0.39 is 18.2 Å². The number of amides is 1. The van der Waals surface area contributed by atoms with Gasteiger partial charge in [-0.2, -0.15) is 0 Å². The number of carbonyl (C=O) groups is 2. The summed E-state index contributed by atoms with van der Waals surface area (Å²) in [5.74, 6) is -0.457. The molecule has 0 saturated heterocycles. The zero-order chi connectivity index (χ0) is 26.1. The molecule has 0 aliphatic rings. The highest BCUT2D eigenvalue weighted by Gasteiger charge is 2.21. The Kier molecular flexibility index (Phi) is 6.96. The number of aliphatic carboxylic acids is 1. The molecule has 0 bridgehead atoms. The number of benzene rings is 2. The minimum Gasteiger partial charge on any atom is -0.481 e. The van der Waals surface area contributed by atoms with Crippen molar-refractivity contribution >= 4 is 61.6 Å². The molecule has 2 aromatic carbocycles. The van der Waals surface area contributed by atoms with Gasteiger partial charge in [0.25, 0.3) is 0 Å². The van der Waals surface area contributed by atoms with Crippen LogP contribution in [0, 0.1) is 0 Å². The Morgan fingerprint density at radius 3 is 2.49 bits per heavy atom. The van der Waals surface area contributed by atoms with Crippen LogP contribution in [0.15, 0.2) is 60.7 Å². The fraction of sp³-hybridized carbons (Fsp3) is 0.154. The minimum atomic E-state index is -0.898. The number of thiophene rings is 2. The second-order valence-electron chi connectivity index (χ2n) is 8.33. The van der Waals surface area contributed by atoms with Crippen LogP contribution in [-0.2, 0) is 23.0 Å². The molecule has 0 saturated carbocycles. The number of carboxylic acid groups (broad SMARTS) is 1. The molecule has 0 aliphatic carbocycles. The first-order valence-corrected chi connectivity index (χ1v) is 13.3. The average molecular weight is 553 g/mol. The molecule has 11 heteroatoms. The van der Waals surface area contributed by atoms with Crippen molar-refractivity contribution in [2.75, 3.05) is 5.32 Å². The molecule has 1 amide bonds. The Morgan fingerprint density at radius 1 is 1.08 bits per heavy atom. The molecule has 5 rings (SSSR count). The number of carbonyl (C=O) groups excluding carboxylic acids is 1. The van der Waals surface area contributed by atoms with Gasteiger partial charge < -0.3 is 9.84 Å². The number of anilines is 1. The number of ether oxygens (including phenoxy) is 1. The van der Waals surface area contributed by atoms with E-state index in [1.165, 1.54) is 16.0 Å². The van der Waals surface area contributed by atoms with Crippen LogP contribution in [0.25, 0.3) is 30.4 Å². The molecule has 5 aromatic rings. The van der Waals surface area contributed by atoms with E-state index >= 15 is 0 Å². The highest BCUT2D eigenvalue weighted by atomic mass is 35.5. The summed E-state index contributed by atoms with van der Waals surface area (Å²) < 4.78 is 9.13. The molecule has 1 atom stereocenters. The van der Waals surface area contributed by atoms with E-state index in [9.17, 15) is 9.59 Å². The number of aromatic nitrogens is 3. The SMILES string of the molecule is C[C@@H](OC(=O)Nc1c(-c2cc3sc(-c4ccc(CC(=O)O)cc4Cl)cc3s2)nnn1C)c1ccccc1. The van der Waals surface area contributed by atoms with Gasteiger partial charge in [0.1, 0.15) is 11.8 Å². The van der Waals surface area contributed by atoms with Crippen LogP contribution in [0.3, 0.4) is 0 Å². The Bertz CT molecular complexity index is 1580. The van der Waals surface area contributed by atoms with E-state index in [1.807, 2.05) is 55.5 Å². The van der Waals surface area contributed by atoms with E-state index in [2.05, 4.69) is 15.6 Å². The van der Waals surface area contributed by atoms with E-state index in [1.54, 1.807) is 30.5 Å². The lowest BCUT2D eigenvalue weighted by molar-refractivity contribution is -0.136. The van der Waals surface area contributed by atoms with Crippen LogP contribution in [0.1, 0.15) is 24.2 Å². The highest BCUT2D eigenvalue weighted by Crippen LogP contribution is 2.44. The number of fused-ring (bicyclic) bond motifs is 1. The summed E-state index contributed by atoms with van der Waals surface area (Å²) in [6.07, 6.45) is -1.08. The van der Waals surface area contributed by atoms with Crippen LogP contribution in [0.4, 0.5) is 10.6 Å². The van der Waals surface area contributed by atoms with Gasteiger partial charge in [-0.05, 0) is 36.2 Å². The average Bonchev–Trinajstić information content (AvgIpc) is 3.53. The second kappa shape index (κ2) is 10.3. The summed E-state index contributed by atoms with van der Waals surface area (Å²) in [6.45, 7) is 1.81. The first-order valence-electron chi connectivity index (χ1n) is 11.2. The summed E-state index contributed by atoms with van der Waals surface area (Å²) >= 11 is 9.57. The molecule has 0 spiro atoms. The number of halogens is 1. The Balaban J connectivity index is 1.36. The second-order valence-corrected chi connectivity index (χ2v) is 10.9. The van der Waals surface area contributed by atoms with Crippen molar-refractivity contribution in [1.29, 1.82) is 0 Å². The predicted octanol–water partition coefficient (Wildman–Crippen LogP) is 7.02. The van der Waals surface area contributed by atoms with E-state index in [4.69, 9.17) is 21.4 Å². The van der Waals surface area contributed by atoms with Crippen molar-refractivity contribution < 1.29 is 19.4 Å². The molecule has 3 aromatic heterocycles. The number of hydrogen-bond acceptors (Lipinski definition) is 7. The highest BCUT2D eigenvalue weighted by molar-refractivity contribution is 7.31. The molecular formula is C26H21ClN4O4S2. The lowest BCUT2D eigenvalue weighted by Gasteiger charge is -2.14. The van der Waals surface area contributed by atoms with Crippen LogP contribution in [0.5, 0.6) is 0 Å². The number of nitrogens with zero attached hydrogens (tertiary/aromatic N) is 3. The Hall–Kier alpha value is -3.73. The fourth-order valence-electron chi connectivity index (χ4n) is 3.87. The van der Waals surface area contributed by atoms with Gasteiger partial charge in [0, 0.05) is 31.9 Å². The third-order valence-corrected chi connectivity index (χ3v) is 8.34. The van der Waals surface area contributed by atoms with Crippen LogP contribution >= 0.6 is 34.3 Å². The van der Waals surface area contributed by atoms with Gasteiger partial charge in [0.05, 0.1) is 11.3 Å². The number of carboxylic acids is 1. The summed E-state index contributed by atoms with van der Waals surface area (Å²) in [5, 5.41) is 20.7. The van der Waals surface area contributed by atoms with Crippen molar-refractivity contribution in [3.8, 4) is 21.0 Å². The van der Waals surface area contributed by atoms with Crippen LogP contribution in [0.2, 0.25) is 5.02 Å². The van der Waals surface area contributed by atoms with E-state index in [0.717, 1.165) is 30.3 Å². The standard InChI is InChI=1S/C26H21ClN4O4S2/c1-14(16-6-4-3-5-7-16)35-26(34)28-25-24(29-30-31(25)2)22-13-21-20(37-22)12-19(36-21)17-9-8-15(10-18(17)27)11-23(32)33/h3-10,12-14H,11H2,1-2H3,(H,28,34)(H,32,33)/t14-/m1/s1. The monoisotopic (exact) mass is 552 g/mol. The molecule has 0 fully saturated rings. The van der Waals surface area contributed by atoms with Gasteiger partial charge >= 0.3 is 12.1 Å². The first-order chi connectivity index (χ1) is 17.8. The fourth-order valence-corrected chi connectivity index (χ4v) is 6.65. The number of nitrogens with one attached hydrogen (secondary N) is 1. The largest absolute Gasteiger partial charge is 0.481 e. The molecular weight excluding hydrogens is 532 g/mol. The van der Waals surface area contributed by atoms with Crippen molar-refractivity contribution in [1.82, 2.24) is 15.0 Å². The van der Waals surface area contributed by atoms with Gasteiger partial charge in [-0.25, -0.2) is 9.48 Å². The zero-order valence-electron chi connectivity index (χ0n) is 19.8. The van der Waals surface area contributed by atoms with Gasteiger partial charge in [0.2, 0.25) is 0 Å². The molecule has 0 aliphatic heterocycles. The summed E-state index contributed by atoms with van der Waals surface area (Å²) in [7, 11) is 1.71. The van der Waals surface area contributed by atoms with E-state index in [0.29, 0.717) is 22.1 Å². The molecule has 8 nitrogen and oxygen atoms in total. The van der Waals surface area contributed by atoms with Crippen molar-refractivity contribution in [2.45, 2.75) is 19.4 Å². The van der Waals surface area contributed by atoms with Crippen molar-refractivity contribution in [2.24, 2.45) is 7.05 Å². The zero-order valence-corrected chi connectivity index (χ0v) is 22.2. The van der Waals surface area contributed by atoms with Crippen LogP contribution in [-0.4, -0.2) is 32.2 Å². The molecule has 188 valence electrons. The van der Waals surface area contributed by atoms with Crippen LogP contribution < -0.4 is 5.32 Å². The van der Waals surface area contributed by atoms with Gasteiger partial charge in [0.15, 0.2) is 5.82 Å². The summed E-state index contributed by atoms with van der Waals surface area (Å²) in [6, 6.07) is 18.9. The molecule has 0 unspecified atom stereocenters. The number of aryl methyl sites for hydroxylation is 1. The van der Waals surface area contributed by atoms with Crippen molar-refractivity contribution in [3.05, 3.63) is 76.8 Å². The molecule has 37 heavy (non-hydrogen) atoms. The quantitative estimate of drug-likeness (QED) is 0.225.